The average molecular weight is 291 g/mol. The number of nitrogens with two attached hydrogens (primary N) is 1. The van der Waals surface area contributed by atoms with Gasteiger partial charge in [0.1, 0.15) is 22.3 Å². The lowest BCUT2D eigenvalue weighted by atomic mass is 10.1. The van der Waals surface area contributed by atoms with Crippen LogP contribution in [0.25, 0.3) is 21.6 Å². The first-order chi connectivity index (χ1) is 9.47. The van der Waals surface area contributed by atoms with Crippen molar-refractivity contribution in [1.82, 2.24) is 9.97 Å². The van der Waals surface area contributed by atoms with Gasteiger partial charge in [-0.3, -0.25) is 0 Å². The largest absolute Gasteiger partial charge is 0.383 e. The zero-order valence-corrected chi connectivity index (χ0v) is 11.7. The summed E-state index contributed by atoms with van der Waals surface area (Å²) in [6.07, 6.45) is 0. The molecule has 0 aliphatic rings. The van der Waals surface area contributed by atoms with Crippen molar-refractivity contribution in [3.63, 3.8) is 0 Å². The van der Waals surface area contributed by atoms with E-state index in [1.165, 1.54) is 11.3 Å². The Morgan fingerprint density at radius 1 is 1.15 bits per heavy atom. The molecule has 3 aromatic rings. The molecular weight excluding hydrogens is 280 g/mol. The second-order valence-corrected chi connectivity index (χ2v) is 5.72. The van der Waals surface area contributed by atoms with Crippen molar-refractivity contribution in [2.45, 2.75) is 13.8 Å². The second kappa shape index (κ2) is 4.49. The van der Waals surface area contributed by atoms with E-state index in [-0.39, 0.29) is 17.2 Å². The number of hydrogen-bond donors (Lipinski definition) is 1. The first kappa shape index (κ1) is 12.9. The summed E-state index contributed by atoms with van der Waals surface area (Å²) in [5.41, 5.74) is 6.97. The highest BCUT2D eigenvalue weighted by atomic mass is 32.1. The molecule has 2 heterocycles. The highest BCUT2D eigenvalue weighted by molar-refractivity contribution is 7.18. The number of nitrogens with zero attached hydrogens (tertiary/aromatic N) is 2. The van der Waals surface area contributed by atoms with Gasteiger partial charge in [-0.15, -0.1) is 11.3 Å². The highest BCUT2D eigenvalue weighted by Gasteiger charge is 2.16. The molecule has 3 nitrogen and oxygen atoms in total. The van der Waals surface area contributed by atoms with Gasteiger partial charge in [0.2, 0.25) is 0 Å². The predicted molar refractivity (Wildman–Crippen MR) is 76.7 cm³/mol. The molecule has 6 heteroatoms. The van der Waals surface area contributed by atoms with Crippen LogP contribution >= 0.6 is 11.3 Å². The predicted octanol–water partition coefficient (Wildman–Crippen LogP) is 3.84. The molecule has 20 heavy (non-hydrogen) atoms. The minimum Gasteiger partial charge on any atom is -0.383 e. The number of nitrogen functional groups attached to an aromatic ring is 1. The van der Waals surface area contributed by atoms with Crippen LogP contribution in [0.5, 0.6) is 0 Å². The quantitative estimate of drug-likeness (QED) is 0.741. The van der Waals surface area contributed by atoms with Crippen molar-refractivity contribution in [3.05, 3.63) is 40.3 Å². The van der Waals surface area contributed by atoms with Gasteiger partial charge in [0.05, 0.1) is 10.9 Å². The molecule has 1 aromatic carbocycles. The van der Waals surface area contributed by atoms with E-state index in [2.05, 4.69) is 9.97 Å². The summed E-state index contributed by atoms with van der Waals surface area (Å²) in [7, 11) is 0. The summed E-state index contributed by atoms with van der Waals surface area (Å²) < 4.78 is 27.1. The van der Waals surface area contributed by atoms with Gasteiger partial charge in [0, 0.05) is 4.88 Å². The van der Waals surface area contributed by atoms with Gasteiger partial charge in [-0.1, -0.05) is 0 Å². The number of aryl methyl sites for hydroxylation is 2. The van der Waals surface area contributed by atoms with Crippen LogP contribution in [-0.4, -0.2) is 9.97 Å². The molecule has 0 spiro atoms. The number of rotatable bonds is 1. The number of aromatic nitrogens is 2. The van der Waals surface area contributed by atoms with Crippen molar-refractivity contribution in [2.24, 2.45) is 0 Å². The highest BCUT2D eigenvalue weighted by Crippen LogP contribution is 2.34. The normalized spacial score (nSPS) is 11.2. The fraction of sp³-hybridized carbons (Fsp3) is 0.143. The number of anilines is 1. The van der Waals surface area contributed by atoms with Crippen LogP contribution in [0.4, 0.5) is 14.6 Å². The van der Waals surface area contributed by atoms with Crippen LogP contribution in [0.2, 0.25) is 0 Å². The number of fused-ring (bicyclic) bond motifs is 1. The molecule has 0 saturated carbocycles. The van der Waals surface area contributed by atoms with Crippen molar-refractivity contribution < 1.29 is 8.78 Å². The van der Waals surface area contributed by atoms with Crippen LogP contribution in [0.1, 0.15) is 10.4 Å². The molecule has 0 aliphatic heterocycles. The third-order valence-electron chi connectivity index (χ3n) is 3.23. The first-order valence-electron chi connectivity index (χ1n) is 5.96. The molecule has 0 radical (unpaired) electrons. The molecule has 0 fully saturated rings. The summed E-state index contributed by atoms with van der Waals surface area (Å²) in [5, 5.41) is 0.785. The molecule has 102 valence electrons. The summed E-state index contributed by atoms with van der Waals surface area (Å²) >= 11 is 1.46. The molecule has 2 aromatic heterocycles. The van der Waals surface area contributed by atoms with E-state index in [9.17, 15) is 8.78 Å². The van der Waals surface area contributed by atoms with Crippen molar-refractivity contribution in [2.75, 3.05) is 5.73 Å². The van der Waals surface area contributed by atoms with Crippen molar-refractivity contribution >= 4 is 27.4 Å². The van der Waals surface area contributed by atoms with E-state index >= 15 is 0 Å². The summed E-state index contributed by atoms with van der Waals surface area (Å²) in [5.74, 6) is -0.721. The van der Waals surface area contributed by atoms with Gasteiger partial charge in [0.15, 0.2) is 5.82 Å². The lowest BCUT2D eigenvalue weighted by Crippen LogP contribution is -1.98. The SMILES string of the molecule is Cc1sc2nc(-c3cc(F)ccc3F)nc(N)c2c1C. The fourth-order valence-corrected chi connectivity index (χ4v) is 3.11. The van der Waals surface area contributed by atoms with E-state index < -0.39 is 11.6 Å². The smallest absolute Gasteiger partial charge is 0.166 e. The Bertz CT molecular complexity index is 827. The van der Waals surface area contributed by atoms with E-state index in [1.54, 1.807) is 0 Å². The molecule has 0 unspecified atom stereocenters. The lowest BCUT2D eigenvalue weighted by molar-refractivity contribution is 0.602. The van der Waals surface area contributed by atoms with Crippen LogP contribution in [-0.2, 0) is 0 Å². The Balaban J connectivity index is 2.30. The van der Waals surface area contributed by atoms with Gasteiger partial charge < -0.3 is 5.73 Å². The van der Waals surface area contributed by atoms with E-state index in [4.69, 9.17) is 5.73 Å². The molecule has 0 atom stereocenters. The molecule has 3 rings (SSSR count). The van der Waals surface area contributed by atoms with Crippen LogP contribution in [0, 0.1) is 25.5 Å². The number of thiophene rings is 1. The Kier molecular flexibility index (Phi) is 2.90. The van der Waals surface area contributed by atoms with Gasteiger partial charge in [0.25, 0.3) is 0 Å². The Morgan fingerprint density at radius 2 is 1.90 bits per heavy atom. The monoisotopic (exact) mass is 291 g/mol. The van der Waals surface area contributed by atoms with E-state index in [0.29, 0.717) is 4.83 Å². The standard InChI is InChI=1S/C14H11F2N3S/c1-6-7(2)20-14-11(6)12(17)18-13(19-14)9-5-8(15)3-4-10(9)16/h3-5H,1-2H3,(H2,17,18,19). The molecule has 0 saturated heterocycles. The van der Waals surface area contributed by atoms with Gasteiger partial charge >= 0.3 is 0 Å². The van der Waals surface area contributed by atoms with E-state index in [1.807, 2.05) is 13.8 Å². The topological polar surface area (TPSA) is 51.8 Å². The summed E-state index contributed by atoms with van der Waals surface area (Å²) in [4.78, 5) is 10.2. The van der Waals surface area contributed by atoms with Crippen molar-refractivity contribution in [1.29, 1.82) is 0 Å². The zero-order valence-electron chi connectivity index (χ0n) is 10.9. The maximum Gasteiger partial charge on any atom is 0.166 e. The maximum absolute atomic E-state index is 13.8. The van der Waals surface area contributed by atoms with E-state index in [0.717, 1.165) is 34.0 Å². The average Bonchev–Trinajstić information content (AvgIpc) is 2.68. The van der Waals surface area contributed by atoms with Gasteiger partial charge in [-0.2, -0.15) is 0 Å². The van der Waals surface area contributed by atoms with Gasteiger partial charge in [-0.05, 0) is 37.6 Å². The number of hydrogen-bond acceptors (Lipinski definition) is 4. The molecular formula is C14H11F2N3S. The summed E-state index contributed by atoms with van der Waals surface area (Å²) in [6.45, 7) is 3.90. The third-order valence-corrected chi connectivity index (χ3v) is 4.33. The summed E-state index contributed by atoms with van der Waals surface area (Å²) in [6, 6.07) is 3.18. The molecule has 2 N–H and O–H groups in total. The minimum atomic E-state index is -0.574. The number of halogens is 2. The van der Waals surface area contributed by atoms with Crippen LogP contribution < -0.4 is 5.73 Å². The first-order valence-corrected chi connectivity index (χ1v) is 6.77. The Labute approximate surface area is 118 Å². The third kappa shape index (κ3) is 1.92. The molecule has 0 aliphatic carbocycles. The number of benzene rings is 1. The minimum absolute atomic E-state index is 0.0160. The molecule has 0 amide bonds. The Morgan fingerprint density at radius 3 is 2.65 bits per heavy atom. The lowest BCUT2D eigenvalue weighted by Gasteiger charge is -2.04. The maximum atomic E-state index is 13.8. The zero-order chi connectivity index (χ0) is 14.4. The van der Waals surface area contributed by atoms with Gasteiger partial charge in [-0.25, -0.2) is 18.7 Å². The fourth-order valence-electron chi connectivity index (χ4n) is 2.07. The van der Waals surface area contributed by atoms with Crippen LogP contribution in [0.3, 0.4) is 0 Å². The molecule has 0 bridgehead atoms. The van der Waals surface area contributed by atoms with Crippen LogP contribution in [0.15, 0.2) is 18.2 Å². The Hall–Kier alpha value is -2.08. The second-order valence-electron chi connectivity index (χ2n) is 4.52. The van der Waals surface area contributed by atoms with Crippen molar-refractivity contribution in [3.8, 4) is 11.4 Å².